The molecule has 5 rings (SSSR count). The number of allylic oxidation sites excluding steroid dienone is 1. The number of hydrogen-bond acceptors (Lipinski definition) is 3. The molecule has 0 amide bonds. The molecule has 3 heteroatoms. The molecule has 0 aromatic rings. The van der Waals surface area contributed by atoms with Gasteiger partial charge in [0.05, 0.1) is 12.7 Å². The average molecular weight is 457 g/mol. The van der Waals surface area contributed by atoms with Crippen LogP contribution in [-0.2, 0) is 4.79 Å². The Morgan fingerprint density at radius 2 is 1.64 bits per heavy atom. The van der Waals surface area contributed by atoms with E-state index in [0.717, 1.165) is 38.5 Å². The molecule has 0 aromatic heterocycles. The first-order chi connectivity index (χ1) is 15.4. The summed E-state index contributed by atoms with van der Waals surface area (Å²) in [5.74, 6) is 2.56. The Hall–Kier alpha value is -0.670. The van der Waals surface area contributed by atoms with Gasteiger partial charge in [0.25, 0.3) is 0 Å². The molecule has 0 bridgehead atoms. The SMILES string of the molecule is C=C(C)[C@@H]1CC[C@]2(C=O)CC[C@]3(C)C(CCC4[C@@]5(C)CC[C@H](O)[C@@](C)(CO)C5CC[C@]43C)C12. The number of hydrogen-bond donors (Lipinski definition) is 2. The highest BCUT2D eigenvalue weighted by molar-refractivity contribution is 5.62. The van der Waals surface area contributed by atoms with E-state index in [2.05, 4.69) is 41.2 Å². The quantitative estimate of drug-likeness (QED) is 0.394. The number of carbonyl (C=O) groups is 1. The molecule has 0 radical (unpaired) electrons. The maximum Gasteiger partial charge on any atom is 0.126 e. The van der Waals surface area contributed by atoms with E-state index in [1.165, 1.54) is 37.5 Å². The van der Waals surface area contributed by atoms with Gasteiger partial charge in [0.15, 0.2) is 0 Å². The van der Waals surface area contributed by atoms with E-state index in [4.69, 9.17) is 0 Å². The molecule has 0 aromatic carbocycles. The number of rotatable bonds is 3. The van der Waals surface area contributed by atoms with Crippen LogP contribution >= 0.6 is 0 Å². The van der Waals surface area contributed by atoms with Crippen LogP contribution in [0.5, 0.6) is 0 Å². The Morgan fingerprint density at radius 3 is 2.27 bits per heavy atom. The molecule has 2 N–H and O–H groups in total. The van der Waals surface area contributed by atoms with E-state index in [1.807, 2.05) is 0 Å². The van der Waals surface area contributed by atoms with Gasteiger partial charge in [-0.3, -0.25) is 0 Å². The van der Waals surface area contributed by atoms with E-state index in [9.17, 15) is 15.0 Å². The molecule has 0 aliphatic heterocycles. The Labute approximate surface area is 201 Å². The minimum absolute atomic E-state index is 0.0853. The van der Waals surface area contributed by atoms with Crippen molar-refractivity contribution in [2.45, 2.75) is 105 Å². The molecule has 4 unspecified atom stereocenters. The van der Waals surface area contributed by atoms with Crippen LogP contribution in [0.15, 0.2) is 12.2 Å². The van der Waals surface area contributed by atoms with Gasteiger partial charge >= 0.3 is 0 Å². The van der Waals surface area contributed by atoms with E-state index in [0.29, 0.717) is 29.6 Å². The highest BCUT2D eigenvalue weighted by atomic mass is 16.3. The summed E-state index contributed by atoms with van der Waals surface area (Å²) in [7, 11) is 0. The van der Waals surface area contributed by atoms with Gasteiger partial charge in [-0.1, -0.05) is 39.8 Å². The normalized spacial score (nSPS) is 57.9. The fourth-order valence-electron chi connectivity index (χ4n) is 11.4. The van der Waals surface area contributed by atoms with Crippen molar-refractivity contribution < 1.29 is 15.0 Å². The smallest absolute Gasteiger partial charge is 0.126 e. The average Bonchev–Trinajstić information content (AvgIpc) is 3.17. The lowest BCUT2D eigenvalue weighted by atomic mass is 9.32. The van der Waals surface area contributed by atoms with Crippen LogP contribution in [0.1, 0.15) is 98.8 Å². The zero-order valence-electron chi connectivity index (χ0n) is 21.8. The zero-order valence-corrected chi connectivity index (χ0v) is 21.8. The summed E-state index contributed by atoms with van der Waals surface area (Å²) in [5.41, 5.74) is 1.43. The molecule has 0 saturated heterocycles. The third-order valence-corrected chi connectivity index (χ3v) is 13.5. The molecule has 5 aliphatic carbocycles. The standard InChI is InChI=1S/C30H48O3/c1-19(2)20-9-14-30(18-32)16-15-28(5)21(25(20)30)7-8-23-26(3)12-11-24(33)27(4,17-31)22(26)10-13-29(23,28)6/h18,20-25,31,33H,1,7-17H2,2-6H3/t20-,21?,22?,23?,24-,25?,26-,27-,28+,29+,30+/m0/s1. The van der Waals surface area contributed by atoms with Gasteiger partial charge in [0.2, 0.25) is 0 Å². The summed E-state index contributed by atoms with van der Waals surface area (Å²) in [4.78, 5) is 12.6. The third kappa shape index (κ3) is 2.79. The Kier molecular flexibility index (Phi) is 5.40. The molecule has 5 fully saturated rings. The number of fused-ring (bicyclic) bond motifs is 7. The monoisotopic (exact) mass is 456 g/mol. The van der Waals surface area contributed by atoms with Crippen molar-refractivity contribution in [3.05, 3.63) is 12.2 Å². The predicted molar refractivity (Wildman–Crippen MR) is 132 cm³/mol. The van der Waals surface area contributed by atoms with Gasteiger partial charge in [-0.05, 0) is 117 Å². The summed E-state index contributed by atoms with van der Waals surface area (Å²) >= 11 is 0. The van der Waals surface area contributed by atoms with Crippen molar-refractivity contribution in [2.24, 2.45) is 56.7 Å². The first-order valence-corrected chi connectivity index (χ1v) is 13.8. The summed E-state index contributed by atoms with van der Waals surface area (Å²) in [6.45, 7) is 16.5. The van der Waals surface area contributed by atoms with Crippen LogP contribution < -0.4 is 0 Å². The molecular weight excluding hydrogens is 408 g/mol. The molecule has 3 nitrogen and oxygen atoms in total. The van der Waals surface area contributed by atoms with Crippen molar-refractivity contribution >= 4 is 6.29 Å². The van der Waals surface area contributed by atoms with Gasteiger partial charge < -0.3 is 15.0 Å². The lowest BCUT2D eigenvalue weighted by Crippen LogP contribution is -2.67. The van der Waals surface area contributed by atoms with Crippen molar-refractivity contribution in [1.29, 1.82) is 0 Å². The molecular formula is C30H48O3. The summed E-state index contributed by atoms with van der Waals surface area (Å²) in [5, 5.41) is 21.3. The second-order valence-corrected chi connectivity index (χ2v) is 14.3. The number of aldehydes is 1. The van der Waals surface area contributed by atoms with Crippen LogP contribution in [0.2, 0.25) is 0 Å². The summed E-state index contributed by atoms with van der Waals surface area (Å²) in [6, 6.07) is 0. The number of aliphatic hydroxyl groups excluding tert-OH is 2. The van der Waals surface area contributed by atoms with E-state index in [-0.39, 0.29) is 33.7 Å². The lowest BCUT2D eigenvalue weighted by Gasteiger charge is -2.72. The highest BCUT2D eigenvalue weighted by Crippen LogP contribution is 2.77. The van der Waals surface area contributed by atoms with E-state index >= 15 is 0 Å². The molecule has 5 aliphatic rings. The topological polar surface area (TPSA) is 57.5 Å². The molecule has 33 heavy (non-hydrogen) atoms. The fraction of sp³-hybridized carbons (Fsp3) is 0.900. The number of carbonyl (C=O) groups excluding carboxylic acids is 1. The van der Waals surface area contributed by atoms with Crippen LogP contribution in [0.4, 0.5) is 0 Å². The molecule has 11 atom stereocenters. The van der Waals surface area contributed by atoms with Gasteiger partial charge in [-0.15, -0.1) is 0 Å². The van der Waals surface area contributed by atoms with Crippen LogP contribution in [0, 0.1) is 56.7 Å². The van der Waals surface area contributed by atoms with Gasteiger partial charge in [0.1, 0.15) is 6.29 Å². The third-order valence-electron chi connectivity index (χ3n) is 13.5. The van der Waals surface area contributed by atoms with Crippen molar-refractivity contribution in [3.63, 3.8) is 0 Å². The number of aliphatic hydroxyl groups is 2. The largest absolute Gasteiger partial charge is 0.396 e. The first kappa shape index (κ1) is 24.0. The van der Waals surface area contributed by atoms with Crippen LogP contribution in [-0.4, -0.2) is 29.2 Å². The summed E-state index contributed by atoms with van der Waals surface area (Å²) < 4.78 is 0. The Morgan fingerprint density at radius 1 is 0.909 bits per heavy atom. The molecule has 0 spiro atoms. The molecule has 186 valence electrons. The minimum atomic E-state index is -0.394. The second kappa shape index (κ2) is 7.42. The van der Waals surface area contributed by atoms with Crippen molar-refractivity contribution in [3.8, 4) is 0 Å². The first-order valence-electron chi connectivity index (χ1n) is 13.8. The highest BCUT2D eigenvalue weighted by Gasteiger charge is 2.71. The van der Waals surface area contributed by atoms with Crippen molar-refractivity contribution in [2.75, 3.05) is 6.61 Å². The fourth-order valence-corrected chi connectivity index (χ4v) is 11.4. The Bertz CT molecular complexity index is 836. The summed E-state index contributed by atoms with van der Waals surface area (Å²) in [6.07, 6.45) is 12.0. The maximum atomic E-state index is 12.6. The van der Waals surface area contributed by atoms with Crippen LogP contribution in [0.3, 0.4) is 0 Å². The van der Waals surface area contributed by atoms with E-state index < -0.39 is 6.10 Å². The van der Waals surface area contributed by atoms with Gasteiger partial charge in [-0.2, -0.15) is 0 Å². The zero-order chi connectivity index (χ0) is 24.0. The van der Waals surface area contributed by atoms with Gasteiger partial charge in [0, 0.05) is 10.8 Å². The predicted octanol–water partition coefficient (Wildman–Crippen LogP) is 6.18. The van der Waals surface area contributed by atoms with Gasteiger partial charge in [-0.25, -0.2) is 0 Å². The second-order valence-electron chi connectivity index (χ2n) is 14.3. The molecule has 5 saturated carbocycles. The Balaban J connectivity index is 1.55. The maximum absolute atomic E-state index is 12.6. The molecule has 0 heterocycles. The lowest BCUT2D eigenvalue weighted by molar-refractivity contribution is -0.252. The van der Waals surface area contributed by atoms with Crippen LogP contribution in [0.25, 0.3) is 0 Å². The van der Waals surface area contributed by atoms with E-state index in [1.54, 1.807) is 0 Å². The minimum Gasteiger partial charge on any atom is -0.396 e. The van der Waals surface area contributed by atoms with Crippen molar-refractivity contribution in [1.82, 2.24) is 0 Å².